The number of carboxylic acids is 1. The quantitative estimate of drug-likeness (QED) is 0.580. The lowest BCUT2D eigenvalue weighted by molar-refractivity contribution is 0.0695. The molecule has 1 aliphatic carbocycles. The minimum Gasteiger partial charge on any atom is -0.492 e. The molecule has 1 aromatic carbocycles. The molecule has 168 valence electrons. The van der Waals surface area contributed by atoms with E-state index in [4.69, 9.17) is 9.15 Å². The number of carbonyl (C=O) groups is 1. The molecular weight excluding hydrogens is 412 g/mol. The van der Waals surface area contributed by atoms with Crippen molar-refractivity contribution < 1.29 is 19.1 Å². The first-order chi connectivity index (χ1) is 15.5. The zero-order valence-electron chi connectivity index (χ0n) is 18.1. The van der Waals surface area contributed by atoms with Crippen LogP contribution in [0.2, 0.25) is 0 Å². The molecule has 2 atom stereocenters. The zero-order chi connectivity index (χ0) is 22.4. The average molecular weight is 438 g/mol. The van der Waals surface area contributed by atoms with Crippen molar-refractivity contribution in [2.24, 2.45) is 5.92 Å². The number of oxazole rings is 1. The Balaban J connectivity index is 1.57. The number of anilines is 1. The summed E-state index contributed by atoms with van der Waals surface area (Å²) in [6.07, 6.45) is 7.57. The van der Waals surface area contributed by atoms with Gasteiger partial charge in [-0.25, -0.2) is 9.78 Å². The van der Waals surface area contributed by atoms with Crippen molar-refractivity contribution >= 4 is 22.6 Å². The highest BCUT2D eigenvalue weighted by Crippen LogP contribution is 2.44. The molecule has 32 heavy (non-hydrogen) atoms. The smallest absolute Gasteiger partial charge is 0.341 e. The molecule has 1 saturated heterocycles. The predicted molar refractivity (Wildman–Crippen MR) is 119 cm³/mol. The Morgan fingerprint density at radius 1 is 1.34 bits per heavy atom. The summed E-state index contributed by atoms with van der Waals surface area (Å²) in [5.74, 6) is 0.371. The fourth-order valence-electron chi connectivity index (χ4n) is 4.88. The van der Waals surface area contributed by atoms with Gasteiger partial charge in [0, 0.05) is 31.2 Å². The van der Waals surface area contributed by atoms with Crippen molar-refractivity contribution in [2.75, 3.05) is 32.1 Å². The highest BCUT2D eigenvalue weighted by Gasteiger charge is 2.35. The van der Waals surface area contributed by atoms with E-state index in [9.17, 15) is 14.7 Å². The Labute approximate surface area is 184 Å². The molecule has 2 aliphatic rings. The molecule has 2 aromatic heterocycles. The largest absolute Gasteiger partial charge is 0.492 e. The van der Waals surface area contributed by atoms with E-state index in [-0.39, 0.29) is 17.6 Å². The third kappa shape index (κ3) is 3.33. The maximum absolute atomic E-state index is 12.9. The number of carboxylic acid groups (broad SMARTS) is 1. The maximum Gasteiger partial charge on any atom is 0.341 e. The number of nitrogens with one attached hydrogen (secondary N) is 1. The van der Waals surface area contributed by atoms with E-state index in [1.54, 1.807) is 25.6 Å². The van der Waals surface area contributed by atoms with Crippen LogP contribution in [0.15, 0.2) is 40.0 Å². The lowest BCUT2D eigenvalue weighted by atomic mass is 9.99. The first-order valence-corrected chi connectivity index (χ1v) is 10.8. The highest BCUT2D eigenvalue weighted by molar-refractivity contribution is 5.97. The Hall–Kier alpha value is -3.33. The van der Waals surface area contributed by atoms with Gasteiger partial charge in [0.25, 0.3) is 0 Å². The van der Waals surface area contributed by atoms with E-state index < -0.39 is 11.4 Å². The van der Waals surface area contributed by atoms with Crippen LogP contribution >= 0.6 is 0 Å². The van der Waals surface area contributed by atoms with Gasteiger partial charge < -0.3 is 29.0 Å². The van der Waals surface area contributed by atoms with Crippen molar-refractivity contribution in [1.82, 2.24) is 14.9 Å². The number of nitrogens with zero attached hydrogens (tertiary/aromatic N) is 3. The topological polar surface area (TPSA) is 110 Å². The fourth-order valence-corrected chi connectivity index (χ4v) is 4.88. The molecular formula is C23H26N4O5. The zero-order valence-corrected chi connectivity index (χ0v) is 18.1. The van der Waals surface area contributed by atoms with Gasteiger partial charge in [0.05, 0.1) is 35.9 Å². The molecule has 1 aliphatic heterocycles. The van der Waals surface area contributed by atoms with E-state index in [0.29, 0.717) is 28.5 Å². The number of aromatic nitrogens is 2. The first-order valence-electron chi connectivity index (χ1n) is 10.8. The second-order valence-electron chi connectivity index (χ2n) is 8.46. The Kier molecular flexibility index (Phi) is 5.13. The summed E-state index contributed by atoms with van der Waals surface area (Å²) < 4.78 is 13.3. The van der Waals surface area contributed by atoms with Crippen LogP contribution in [0.4, 0.5) is 5.69 Å². The molecule has 5 rings (SSSR count). The van der Waals surface area contributed by atoms with Gasteiger partial charge >= 0.3 is 5.97 Å². The van der Waals surface area contributed by atoms with Crippen LogP contribution in [0.5, 0.6) is 5.75 Å². The lowest BCUT2D eigenvalue weighted by Gasteiger charge is -2.25. The minimum atomic E-state index is -1.21. The van der Waals surface area contributed by atoms with Crippen molar-refractivity contribution in [1.29, 1.82) is 0 Å². The minimum absolute atomic E-state index is 0.00391. The second-order valence-corrected chi connectivity index (χ2v) is 8.46. The molecule has 9 heteroatoms. The molecule has 2 N–H and O–H groups in total. The van der Waals surface area contributed by atoms with E-state index in [0.717, 1.165) is 38.0 Å². The summed E-state index contributed by atoms with van der Waals surface area (Å²) in [5.41, 5.74) is 0.890. The van der Waals surface area contributed by atoms with Crippen LogP contribution in [0.3, 0.4) is 0 Å². The Morgan fingerprint density at radius 2 is 2.16 bits per heavy atom. The Morgan fingerprint density at radius 3 is 2.78 bits per heavy atom. The molecule has 0 radical (unpaired) electrons. The van der Waals surface area contributed by atoms with Gasteiger partial charge in [-0.1, -0.05) is 0 Å². The third-order valence-electron chi connectivity index (χ3n) is 6.57. The van der Waals surface area contributed by atoms with E-state index >= 15 is 0 Å². The molecule has 9 nitrogen and oxygen atoms in total. The molecule has 2 fully saturated rings. The van der Waals surface area contributed by atoms with Gasteiger partial charge in [-0.15, -0.1) is 0 Å². The standard InChI is InChI=1S/C23H26N4O5/c1-24-18(22-25-8-10-32-22)13-7-9-26(11-13)17-6-5-15-19(21(17)31-2)27(14-3-4-14)12-16(20(15)28)23(29)30/h5-6,8,10,12-14,18,24H,3-4,7,9,11H2,1-2H3,(H,29,30). The number of aromatic carboxylic acids is 1. The van der Waals surface area contributed by atoms with Crippen molar-refractivity contribution in [3.05, 3.63) is 52.5 Å². The number of hydrogen-bond donors (Lipinski definition) is 2. The SMILES string of the molecule is CNC(c1ncco1)C1CCN(c2ccc3c(=O)c(C(=O)O)cn(C4CC4)c3c2OC)C1. The summed E-state index contributed by atoms with van der Waals surface area (Å²) in [6, 6.07) is 3.79. The summed E-state index contributed by atoms with van der Waals surface area (Å²) in [5, 5.41) is 13.2. The predicted octanol–water partition coefficient (Wildman–Crippen LogP) is 2.82. The number of hydrogen-bond acceptors (Lipinski definition) is 7. The first kappa shape index (κ1) is 20.6. The lowest BCUT2D eigenvalue weighted by Crippen LogP contribution is -2.29. The van der Waals surface area contributed by atoms with Crippen LogP contribution in [0.1, 0.15) is 47.6 Å². The molecule has 0 amide bonds. The molecule has 0 bridgehead atoms. The number of rotatable bonds is 7. The van der Waals surface area contributed by atoms with E-state index in [1.165, 1.54) is 6.20 Å². The maximum atomic E-state index is 12.9. The van der Waals surface area contributed by atoms with Crippen LogP contribution in [-0.4, -0.2) is 47.9 Å². The van der Waals surface area contributed by atoms with Gasteiger partial charge in [0.15, 0.2) is 5.75 Å². The summed E-state index contributed by atoms with van der Waals surface area (Å²) in [7, 11) is 3.50. The molecule has 0 spiro atoms. The van der Waals surface area contributed by atoms with E-state index in [2.05, 4.69) is 15.2 Å². The Bertz CT molecular complexity index is 1220. The number of fused-ring (bicyclic) bond motifs is 1. The van der Waals surface area contributed by atoms with E-state index in [1.807, 2.05) is 17.7 Å². The summed E-state index contributed by atoms with van der Waals surface area (Å²) >= 11 is 0. The number of benzene rings is 1. The van der Waals surface area contributed by atoms with Crippen molar-refractivity contribution in [3.8, 4) is 5.75 Å². The molecule has 3 aromatic rings. The van der Waals surface area contributed by atoms with Gasteiger partial charge in [-0.2, -0.15) is 0 Å². The van der Waals surface area contributed by atoms with Crippen molar-refractivity contribution in [3.63, 3.8) is 0 Å². The van der Waals surface area contributed by atoms with Gasteiger partial charge in [-0.05, 0) is 38.4 Å². The molecule has 1 saturated carbocycles. The molecule has 3 heterocycles. The van der Waals surface area contributed by atoms with Gasteiger partial charge in [-0.3, -0.25) is 4.79 Å². The highest BCUT2D eigenvalue weighted by atomic mass is 16.5. The normalized spacial score (nSPS) is 19.4. The summed E-state index contributed by atoms with van der Waals surface area (Å²) in [6.45, 7) is 1.60. The summed E-state index contributed by atoms with van der Waals surface area (Å²) in [4.78, 5) is 31.1. The van der Waals surface area contributed by atoms with Crippen LogP contribution < -0.4 is 20.4 Å². The monoisotopic (exact) mass is 438 g/mol. The third-order valence-corrected chi connectivity index (χ3v) is 6.57. The van der Waals surface area contributed by atoms with Gasteiger partial charge in [0.2, 0.25) is 11.3 Å². The van der Waals surface area contributed by atoms with Crippen LogP contribution in [-0.2, 0) is 0 Å². The van der Waals surface area contributed by atoms with Gasteiger partial charge in [0.1, 0.15) is 11.8 Å². The van der Waals surface area contributed by atoms with Crippen LogP contribution in [0.25, 0.3) is 10.9 Å². The average Bonchev–Trinajstić information content (AvgIpc) is 3.28. The number of pyridine rings is 1. The number of ether oxygens (including phenoxy) is 1. The molecule has 2 unspecified atom stereocenters. The second kappa shape index (κ2) is 7.98. The van der Waals surface area contributed by atoms with Crippen molar-refractivity contribution in [2.45, 2.75) is 31.3 Å². The fraction of sp³-hybridized carbons (Fsp3) is 0.435. The number of methoxy groups -OCH3 is 1. The van der Waals surface area contributed by atoms with Crippen LogP contribution in [0, 0.1) is 5.92 Å².